The highest BCUT2D eigenvalue weighted by Crippen LogP contribution is 2.37. The van der Waals surface area contributed by atoms with Crippen LogP contribution in [0, 0.1) is 25.2 Å². The van der Waals surface area contributed by atoms with Gasteiger partial charge in [0.05, 0.1) is 57.1 Å². The number of hydrogen-bond donors (Lipinski definition) is 1. The smallest absolute Gasteiger partial charge is 0.439 e. The van der Waals surface area contributed by atoms with E-state index in [1.165, 1.54) is 46.9 Å². The molecule has 2 aliphatic rings. The van der Waals surface area contributed by atoms with Crippen LogP contribution in [0.4, 0.5) is 26.3 Å². The van der Waals surface area contributed by atoms with Gasteiger partial charge in [-0.25, -0.2) is 14.8 Å². The Bertz CT molecular complexity index is 3010. The van der Waals surface area contributed by atoms with Gasteiger partial charge in [-0.05, 0) is 124 Å². The number of nitrogens with zero attached hydrogens (tertiary/aromatic N) is 4. The molecule has 2 unspecified atom stereocenters. The number of aromatic nitrogens is 4. The van der Waals surface area contributed by atoms with Gasteiger partial charge in [0.1, 0.15) is 34.7 Å². The second-order valence-electron chi connectivity index (χ2n) is 16.7. The molecule has 1 N–H and O–H groups in total. The van der Waals surface area contributed by atoms with Crippen molar-refractivity contribution in [2.24, 2.45) is 0 Å². The summed E-state index contributed by atoms with van der Waals surface area (Å²) in [6, 6.07) is 22.6. The second kappa shape index (κ2) is 23.4. The van der Waals surface area contributed by atoms with Crippen molar-refractivity contribution >= 4 is 22.7 Å². The van der Waals surface area contributed by atoms with Gasteiger partial charge >= 0.3 is 18.1 Å². The van der Waals surface area contributed by atoms with Crippen LogP contribution in [0.1, 0.15) is 87.5 Å². The van der Waals surface area contributed by atoms with E-state index in [1.54, 1.807) is 30.3 Å². The molecular formula is C51H47F6N5O8S2. The van der Waals surface area contributed by atoms with Crippen molar-refractivity contribution < 1.29 is 59.3 Å². The summed E-state index contributed by atoms with van der Waals surface area (Å²) in [6.45, 7) is 5.80. The number of aromatic amines is 1. The molecule has 4 aromatic carbocycles. The molecule has 9 rings (SSSR count). The molecule has 0 saturated carbocycles. The molecule has 2 aliphatic heterocycles. The lowest BCUT2D eigenvalue weighted by atomic mass is 10.1. The normalized spacial score (nSPS) is 16.2. The van der Waals surface area contributed by atoms with Gasteiger partial charge in [0.15, 0.2) is 18.4 Å². The Morgan fingerprint density at radius 2 is 1.15 bits per heavy atom. The summed E-state index contributed by atoms with van der Waals surface area (Å²) in [5.41, 5.74) is 3.97. The minimum absolute atomic E-state index is 0.183. The third kappa shape index (κ3) is 13.8. The summed E-state index contributed by atoms with van der Waals surface area (Å²) in [5, 5.41) is 14.0. The van der Waals surface area contributed by atoms with Crippen molar-refractivity contribution in [1.82, 2.24) is 20.1 Å². The maximum absolute atomic E-state index is 13.0. The minimum Gasteiger partial charge on any atom is -0.488 e. The number of nitriles is 1. The van der Waals surface area contributed by atoms with Crippen molar-refractivity contribution in [2.45, 2.75) is 104 Å². The Labute approximate surface area is 417 Å². The van der Waals surface area contributed by atoms with Crippen molar-refractivity contribution in [2.75, 3.05) is 13.2 Å². The first-order valence-electron chi connectivity index (χ1n) is 22.8. The predicted molar refractivity (Wildman–Crippen MR) is 254 cm³/mol. The summed E-state index contributed by atoms with van der Waals surface area (Å²) in [4.78, 5) is 24.7. The van der Waals surface area contributed by atoms with Gasteiger partial charge in [-0.1, -0.05) is 29.4 Å². The zero-order chi connectivity index (χ0) is 50.8. The largest absolute Gasteiger partial charge is 0.488 e. The number of alkyl halides is 6. The van der Waals surface area contributed by atoms with Gasteiger partial charge in [-0.15, -0.1) is 22.7 Å². The van der Waals surface area contributed by atoms with Crippen molar-refractivity contribution in [3.05, 3.63) is 144 Å². The number of H-pyrrole nitrogens is 1. The molecule has 3 aromatic heterocycles. The average molecular weight is 1040 g/mol. The van der Waals surface area contributed by atoms with E-state index in [4.69, 9.17) is 33.7 Å². The van der Waals surface area contributed by atoms with Crippen LogP contribution in [-0.4, -0.2) is 45.9 Å². The zero-order valence-corrected chi connectivity index (χ0v) is 40.5. The fourth-order valence-corrected chi connectivity index (χ4v) is 9.55. The molecular weight excluding hydrogens is 989 g/mol. The molecule has 2 fully saturated rings. The Balaban J connectivity index is 0.000000194. The van der Waals surface area contributed by atoms with Gasteiger partial charge < -0.3 is 28.4 Å². The average Bonchev–Trinajstić information content (AvgIpc) is 4.12. The topological polar surface area (TPSA) is 164 Å². The van der Waals surface area contributed by atoms with Crippen LogP contribution in [-0.2, 0) is 57.7 Å². The number of rotatable bonds is 15. The third-order valence-electron chi connectivity index (χ3n) is 11.5. The molecule has 0 aliphatic carbocycles. The van der Waals surface area contributed by atoms with Gasteiger partial charge in [0.2, 0.25) is 0 Å². The zero-order valence-electron chi connectivity index (χ0n) is 38.9. The summed E-state index contributed by atoms with van der Waals surface area (Å²) in [7, 11) is 0. The molecule has 5 heterocycles. The number of ether oxygens (including phenoxy) is 6. The predicted octanol–water partition coefficient (Wildman–Crippen LogP) is 12.7. The van der Waals surface area contributed by atoms with Gasteiger partial charge in [0, 0.05) is 29.9 Å². The molecule has 21 heteroatoms. The van der Waals surface area contributed by atoms with Crippen LogP contribution in [0.3, 0.4) is 0 Å². The highest BCUT2D eigenvalue weighted by molar-refractivity contribution is 7.15. The number of aryl methyl sites for hydroxylation is 2. The molecule has 378 valence electrons. The molecule has 0 spiro atoms. The third-order valence-corrected chi connectivity index (χ3v) is 13.8. The number of benzene rings is 4. The van der Waals surface area contributed by atoms with Crippen LogP contribution in [0.15, 0.2) is 94.2 Å². The van der Waals surface area contributed by atoms with Crippen LogP contribution >= 0.6 is 22.7 Å². The van der Waals surface area contributed by atoms with Gasteiger partial charge in [-0.3, -0.25) is 9.51 Å². The molecule has 0 bridgehead atoms. The Morgan fingerprint density at radius 3 is 1.56 bits per heavy atom. The lowest BCUT2D eigenvalue weighted by Gasteiger charge is -2.22. The first kappa shape index (κ1) is 51.9. The number of nitrogens with one attached hydrogen (secondary N) is 1. The Hall–Kier alpha value is -6.41. The molecule has 2 atom stereocenters. The highest BCUT2D eigenvalue weighted by Gasteiger charge is 2.31. The first-order chi connectivity index (χ1) is 34.6. The number of halogens is 6. The maximum Gasteiger partial charge on any atom is 0.439 e. The van der Waals surface area contributed by atoms with Crippen LogP contribution in [0.5, 0.6) is 11.5 Å². The van der Waals surface area contributed by atoms with E-state index < -0.39 is 29.2 Å². The van der Waals surface area contributed by atoms with E-state index in [2.05, 4.69) is 30.7 Å². The summed E-state index contributed by atoms with van der Waals surface area (Å²) < 4.78 is 117. The second-order valence-corrected chi connectivity index (χ2v) is 18.9. The van der Waals surface area contributed by atoms with Gasteiger partial charge in [0.25, 0.3) is 0 Å². The van der Waals surface area contributed by atoms with Crippen LogP contribution in [0.25, 0.3) is 32.5 Å². The quantitative estimate of drug-likeness (QED) is 0.0968. The fraction of sp³-hybridized carbons (Fsp3) is 0.353. The lowest BCUT2D eigenvalue weighted by molar-refractivity contribution is -0.169. The Kier molecular flexibility index (Phi) is 16.9. The van der Waals surface area contributed by atoms with E-state index >= 15 is 0 Å². The van der Waals surface area contributed by atoms with Crippen molar-refractivity contribution in [1.29, 1.82) is 5.26 Å². The summed E-state index contributed by atoms with van der Waals surface area (Å²) >= 11 is 2.69. The Morgan fingerprint density at radius 1 is 0.667 bits per heavy atom. The minimum atomic E-state index is -4.41. The highest BCUT2D eigenvalue weighted by atomic mass is 32.1. The monoisotopic (exact) mass is 1040 g/mol. The lowest BCUT2D eigenvalue weighted by Crippen LogP contribution is -2.22. The number of hydrogen-bond acceptors (Lipinski definition) is 14. The molecule has 13 nitrogen and oxygen atoms in total. The fourth-order valence-electron chi connectivity index (χ4n) is 7.58. The van der Waals surface area contributed by atoms with E-state index in [0.29, 0.717) is 74.2 Å². The van der Waals surface area contributed by atoms with E-state index in [0.717, 1.165) is 83.7 Å². The molecule has 0 radical (unpaired) electrons. The van der Waals surface area contributed by atoms with E-state index in [1.807, 2.05) is 19.9 Å². The molecule has 0 amide bonds. The standard InChI is InChI=1S/C26H24F3N3O5S.C25H23F3N2O3S/c1-15-12-18(9-10-19(15)23-31-25(33)37-32-23)35-14-21-20(13-36-22-4-2-3-11-34-22)30-24(38-21)16-5-7-17(8-6-16)26(27,28)29;1-16-12-20(10-7-18(16)13-29)32-15-22-21(14-33-23-4-2-3-11-31-23)30-24(34-22)17-5-8-19(9-6-17)25(26,27)28/h5-10,12,22H,2-4,11,13-14H2,1H3,(H,31,32,33);5-10,12,23H,2-4,11,14-15H2,1H3. The van der Waals surface area contributed by atoms with E-state index in [-0.39, 0.29) is 39.0 Å². The molecule has 72 heavy (non-hydrogen) atoms. The van der Waals surface area contributed by atoms with Crippen LogP contribution < -0.4 is 15.2 Å². The molecule has 7 aromatic rings. The first-order valence-corrected chi connectivity index (χ1v) is 24.4. The SMILES string of the molecule is Cc1cc(OCc2sc(-c3ccc(C(F)(F)F)cc3)nc2COC2CCCCO2)ccc1-c1noc(=O)[nH]1.Cc1cc(OCc2sc(-c3ccc(C(F)(F)F)cc3)nc2COC2CCCCO2)ccc1C#N. The summed E-state index contributed by atoms with van der Waals surface area (Å²) in [5.74, 6) is 0.890. The maximum atomic E-state index is 13.0. The van der Waals surface area contributed by atoms with Crippen LogP contribution in [0.2, 0.25) is 0 Å². The van der Waals surface area contributed by atoms with Crippen molar-refractivity contribution in [3.8, 4) is 50.1 Å². The van der Waals surface area contributed by atoms with E-state index in [9.17, 15) is 31.1 Å². The summed E-state index contributed by atoms with van der Waals surface area (Å²) in [6.07, 6.45) is -3.73. The molecule has 2 saturated heterocycles. The number of thiazole rings is 2. The van der Waals surface area contributed by atoms with Gasteiger partial charge in [-0.2, -0.15) is 31.6 Å². The van der Waals surface area contributed by atoms with Crippen molar-refractivity contribution in [3.63, 3.8) is 0 Å².